The second-order valence-electron chi connectivity index (χ2n) is 4.02. The Bertz CT molecular complexity index is 377. The van der Waals surface area contributed by atoms with E-state index < -0.39 is 17.4 Å². The van der Waals surface area contributed by atoms with Crippen LogP contribution in [0.2, 0.25) is 0 Å². The fourth-order valence-corrected chi connectivity index (χ4v) is 2.26. The maximum absolute atomic E-state index is 10.9. The monoisotopic (exact) mass is 271 g/mol. The van der Waals surface area contributed by atoms with E-state index in [1.165, 1.54) is 0 Å². The number of hydrogen-bond donors (Lipinski definition) is 2. The maximum Gasteiger partial charge on any atom is 0.321 e. The zero-order valence-corrected chi connectivity index (χ0v) is 10.3. The van der Waals surface area contributed by atoms with E-state index in [9.17, 15) is 4.79 Å². The highest BCUT2D eigenvalue weighted by atomic mass is 79.9. The van der Waals surface area contributed by atoms with Crippen molar-refractivity contribution < 1.29 is 9.90 Å². The van der Waals surface area contributed by atoms with Gasteiger partial charge in [0.1, 0.15) is 6.04 Å². The van der Waals surface area contributed by atoms with E-state index in [2.05, 4.69) is 15.9 Å². The molecule has 0 aliphatic heterocycles. The Kier molecular flexibility index (Phi) is 3.52. The minimum absolute atomic E-state index is 0.605. The molecule has 0 spiro atoms. The molecule has 0 aliphatic rings. The molecule has 1 atom stereocenters. The Morgan fingerprint density at radius 3 is 2.47 bits per heavy atom. The average Bonchev–Trinajstić information content (AvgIpc) is 2.16. The van der Waals surface area contributed by atoms with Crippen molar-refractivity contribution in [1.82, 2.24) is 0 Å². The SMILES string of the molecule is CC(C)(c1ccccc1Br)C(N)C(=O)O. The first-order chi connectivity index (χ1) is 6.87. The number of benzene rings is 1. The van der Waals surface area contributed by atoms with E-state index in [4.69, 9.17) is 10.8 Å². The lowest BCUT2D eigenvalue weighted by atomic mass is 9.78. The molecule has 0 amide bonds. The molecule has 0 saturated heterocycles. The molecule has 0 aliphatic carbocycles. The average molecular weight is 272 g/mol. The lowest BCUT2D eigenvalue weighted by Gasteiger charge is -2.30. The molecule has 0 bridgehead atoms. The van der Waals surface area contributed by atoms with Gasteiger partial charge in [-0.25, -0.2) is 0 Å². The Labute approximate surface area is 97.4 Å². The predicted octanol–water partition coefficient (Wildman–Crippen LogP) is 2.14. The molecule has 0 aromatic heterocycles. The number of carbonyl (C=O) groups is 1. The van der Waals surface area contributed by atoms with Gasteiger partial charge < -0.3 is 10.8 Å². The van der Waals surface area contributed by atoms with Crippen molar-refractivity contribution in [1.29, 1.82) is 0 Å². The first-order valence-corrected chi connectivity index (χ1v) is 5.40. The Hall–Kier alpha value is -0.870. The summed E-state index contributed by atoms with van der Waals surface area (Å²) in [6.07, 6.45) is 0. The van der Waals surface area contributed by atoms with Crippen LogP contribution in [0.1, 0.15) is 19.4 Å². The van der Waals surface area contributed by atoms with Crippen LogP contribution in [0.3, 0.4) is 0 Å². The van der Waals surface area contributed by atoms with E-state index in [0.717, 1.165) is 10.0 Å². The van der Waals surface area contributed by atoms with Gasteiger partial charge in [0.2, 0.25) is 0 Å². The number of rotatable bonds is 3. The van der Waals surface area contributed by atoms with E-state index in [0.29, 0.717) is 0 Å². The fourth-order valence-electron chi connectivity index (χ4n) is 1.46. The van der Waals surface area contributed by atoms with E-state index in [1.807, 2.05) is 38.1 Å². The molecule has 0 saturated carbocycles. The first kappa shape index (κ1) is 12.2. The lowest BCUT2D eigenvalue weighted by Crippen LogP contribution is -2.46. The van der Waals surface area contributed by atoms with Crippen LogP contribution >= 0.6 is 15.9 Å². The number of nitrogens with two attached hydrogens (primary N) is 1. The first-order valence-electron chi connectivity index (χ1n) is 4.60. The molecule has 0 radical (unpaired) electrons. The zero-order chi connectivity index (χ0) is 11.6. The molecule has 1 aromatic rings. The molecule has 1 unspecified atom stereocenters. The Morgan fingerprint density at radius 2 is 2.00 bits per heavy atom. The predicted molar refractivity (Wildman–Crippen MR) is 62.8 cm³/mol. The molecule has 0 heterocycles. The molecular weight excluding hydrogens is 258 g/mol. The quantitative estimate of drug-likeness (QED) is 0.886. The number of aliphatic carboxylic acids is 1. The highest BCUT2D eigenvalue weighted by molar-refractivity contribution is 9.10. The third-order valence-electron chi connectivity index (χ3n) is 2.61. The lowest BCUT2D eigenvalue weighted by molar-refractivity contribution is -0.140. The van der Waals surface area contributed by atoms with Gasteiger partial charge in [0, 0.05) is 9.89 Å². The maximum atomic E-state index is 10.9. The number of halogens is 1. The summed E-state index contributed by atoms with van der Waals surface area (Å²) in [7, 11) is 0. The topological polar surface area (TPSA) is 63.3 Å². The van der Waals surface area contributed by atoms with Gasteiger partial charge in [-0.1, -0.05) is 48.0 Å². The zero-order valence-electron chi connectivity index (χ0n) is 8.70. The van der Waals surface area contributed by atoms with Crippen LogP contribution in [0.15, 0.2) is 28.7 Å². The van der Waals surface area contributed by atoms with Gasteiger partial charge in [-0.15, -0.1) is 0 Å². The summed E-state index contributed by atoms with van der Waals surface area (Å²) in [5.41, 5.74) is 5.97. The number of carboxylic acid groups (broad SMARTS) is 1. The summed E-state index contributed by atoms with van der Waals surface area (Å²) in [5, 5.41) is 8.93. The van der Waals surface area contributed by atoms with Gasteiger partial charge >= 0.3 is 5.97 Å². The molecule has 1 rings (SSSR count). The second kappa shape index (κ2) is 4.33. The van der Waals surface area contributed by atoms with Crippen LogP contribution < -0.4 is 5.73 Å². The minimum atomic E-state index is -0.990. The normalized spacial score (nSPS) is 13.6. The standard InChI is InChI=1S/C11H14BrNO2/c1-11(2,9(13)10(14)15)7-5-3-4-6-8(7)12/h3-6,9H,13H2,1-2H3,(H,14,15). The van der Waals surface area contributed by atoms with Crippen LogP contribution in [-0.4, -0.2) is 17.1 Å². The van der Waals surface area contributed by atoms with Gasteiger partial charge in [0.25, 0.3) is 0 Å². The summed E-state index contributed by atoms with van der Waals surface area (Å²) in [6.45, 7) is 3.65. The van der Waals surface area contributed by atoms with Gasteiger partial charge in [-0.2, -0.15) is 0 Å². The molecule has 82 valence electrons. The van der Waals surface area contributed by atoms with E-state index >= 15 is 0 Å². The van der Waals surface area contributed by atoms with Gasteiger partial charge in [-0.05, 0) is 11.6 Å². The van der Waals surface area contributed by atoms with Crippen LogP contribution in [-0.2, 0) is 10.2 Å². The molecule has 4 heteroatoms. The highest BCUT2D eigenvalue weighted by Gasteiger charge is 2.34. The van der Waals surface area contributed by atoms with Crippen molar-refractivity contribution in [2.24, 2.45) is 5.73 Å². The smallest absolute Gasteiger partial charge is 0.321 e. The number of carboxylic acids is 1. The van der Waals surface area contributed by atoms with Gasteiger partial charge in [-0.3, -0.25) is 4.79 Å². The summed E-state index contributed by atoms with van der Waals surface area (Å²) in [4.78, 5) is 10.9. The second-order valence-corrected chi connectivity index (χ2v) is 4.87. The summed E-state index contributed by atoms with van der Waals surface area (Å²) < 4.78 is 0.881. The van der Waals surface area contributed by atoms with Crippen molar-refractivity contribution >= 4 is 21.9 Å². The molecule has 15 heavy (non-hydrogen) atoms. The summed E-state index contributed by atoms with van der Waals surface area (Å²) in [5.74, 6) is -0.990. The highest BCUT2D eigenvalue weighted by Crippen LogP contribution is 2.32. The summed E-state index contributed by atoms with van der Waals surface area (Å²) in [6, 6.07) is 6.60. The molecule has 0 fully saturated rings. The third-order valence-corrected chi connectivity index (χ3v) is 3.30. The van der Waals surface area contributed by atoms with Crippen molar-refractivity contribution in [2.75, 3.05) is 0 Å². The van der Waals surface area contributed by atoms with Crippen molar-refractivity contribution in [2.45, 2.75) is 25.3 Å². The molecule has 1 aromatic carbocycles. The van der Waals surface area contributed by atoms with Crippen molar-refractivity contribution in [3.63, 3.8) is 0 Å². The summed E-state index contributed by atoms with van der Waals surface area (Å²) >= 11 is 3.40. The van der Waals surface area contributed by atoms with Crippen molar-refractivity contribution in [3.05, 3.63) is 34.3 Å². The number of hydrogen-bond acceptors (Lipinski definition) is 2. The molecule has 3 N–H and O–H groups in total. The molecular formula is C11H14BrNO2. The Balaban J connectivity index is 3.16. The fraction of sp³-hybridized carbons (Fsp3) is 0.364. The van der Waals surface area contributed by atoms with Crippen LogP contribution in [0.4, 0.5) is 0 Å². The Morgan fingerprint density at radius 1 is 1.47 bits per heavy atom. The van der Waals surface area contributed by atoms with E-state index in [-0.39, 0.29) is 0 Å². The minimum Gasteiger partial charge on any atom is -0.480 e. The molecule has 3 nitrogen and oxygen atoms in total. The third kappa shape index (κ3) is 2.38. The van der Waals surface area contributed by atoms with Crippen LogP contribution in [0.5, 0.6) is 0 Å². The van der Waals surface area contributed by atoms with Crippen LogP contribution in [0.25, 0.3) is 0 Å². The largest absolute Gasteiger partial charge is 0.480 e. The van der Waals surface area contributed by atoms with E-state index in [1.54, 1.807) is 0 Å². The van der Waals surface area contributed by atoms with Crippen molar-refractivity contribution in [3.8, 4) is 0 Å². The van der Waals surface area contributed by atoms with Crippen LogP contribution in [0, 0.1) is 0 Å². The van der Waals surface area contributed by atoms with Gasteiger partial charge in [0.15, 0.2) is 0 Å². The van der Waals surface area contributed by atoms with Gasteiger partial charge in [0.05, 0.1) is 0 Å².